The van der Waals surface area contributed by atoms with E-state index >= 15 is 0 Å². The van der Waals surface area contributed by atoms with Crippen LogP contribution in [0.5, 0.6) is 0 Å². The maximum atomic E-state index is 11.4. The van der Waals surface area contributed by atoms with Crippen LogP contribution < -0.4 is 0 Å². The summed E-state index contributed by atoms with van der Waals surface area (Å²) >= 11 is 0. The zero-order valence-corrected chi connectivity index (χ0v) is 12.5. The molecule has 3 unspecified atom stereocenters. The molecule has 1 rings (SSSR count). The predicted octanol–water partition coefficient (Wildman–Crippen LogP) is 1.47. The number of nitrogens with zero attached hydrogens (tertiary/aromatic N) is 1. The molecule has 1 N–H and O–H groups in total. The summed E-state index contributed by atoms with van der Waals surface area (Å²) in [5.41, 5.74) is 0. The number of aliphatic hydroxyl groups excluding tert-OH is 1. The number of carbonyl (C=O) groups is 1. The third-order valence-corrected chi connectivity index (χ3v) is 3.37. The van der Waals surface area contributed by atoms with E-state index in [0.29, 0.717) is 10.9 Å². The monoisotopic (exact) mass is 276 g/mol. The molecule has 1 saturated heterocycles. The molecule has 1 aliphatic rings. The Balaban J connectivity index is 2.48. The van der Waals surface area contributed by atoms with Gasteiger partial charge in [0, 0.05) is 12.8 Å². The third kappa shape index (κ3) is 4.97. The minimum absolute atomic E-state index is 0.0801. The quantitative estimate of drug-likeness (QED) is 0.478. The molecule has 0 aliphatic carbocycles. The summed E-state index contributed by atoms with van der Waals surface area (Å²) in [4.78, 5) is 11.4. The highest BCUT2D eigenvalue weighted by Crippen LogP contribution is 2.25. The van der Waals surface area contributed by atoms with Crippen LogP contribution in [0.25, 0.3) is 0 Å². The molecule has 6 nitrogen and oxygen atoms in total. The fraction of sp³-hybridized carbons (Fsp3) is 0.923. The van der Waals surface area contributed by atoms with Gasteiger partial charge in [-0.3, -0.25) is 4.48 Å². The molecule has 0 radical (unpaired) electrons. The third-order valence-electron chi connectivity index (χ3n) is 3.37. The van der Waals surface area contributed by atoms with Gasteiger partial charge in [0.25, 0.3) is 0 Å². The Morgan fingerprint density at radius 1 is 1.42 bits per heavy atom. The van der Waals surface area contributed by atoms with Gasteiger partial charge in [0.2, 0.25) is 6.73 Å². The summed E-state index contributed by atoms with van der Waals surface area (Å²) in [7, 11) is 3.95. The van der Waals surface area contributed by atoms with E-state index < -0.39 is 12.4 Å². The molecule has 0 aromatic heterocycles. The average molecular weight is 276 g/mol. The van der Waals surface area contributed by atoms with Crippen LogP contribution in [0.15, 0.2) is 0 Å². The second-order valence-electron chi connectivity index (χ2n) is 5.91. The molecule has 0 saturated carbocycles. The van der Waals surface area contributed by atoms with E-state index in [9.17, 15) is 9.90 Å². The molecule has 3 atom stereocenters. The van der Waals surface area contributed by atoms with Crippen LogP contribution in [-0.2, 0) is 14.2 Å². The van der Waals surface area contributed by atoms with Crippen molar-refractivity contribution in [2.24, 2.45) is 0 Å². The van der Waals surface area contributed by atoms with Gasteiger partial charge in [0.15, 0.2) is 6.29 Å². The zero-order valence-electron chi connectivity index (χ0n) is 12.5. The number of ether oxygens (including phenoxy) is 3. The van der Waals surface area contributed by atoms with Crippen LogP contribution in [0, 0.1) is 0 Å². The Bertz CT molecular complexity index is 305. The van der Waals surface area contributed by atoms with Gasteiger partial charge in [-0.15, -0.1) is 0 Å². The van der Waals surface area contributed by atoms with Crippen molar-refractivity contribution in [3.63, 3.8) is 0 Å². The van der Waals surface area contributed by atoms with E-state index in [1.54, 1.807) is 13.8 Å². The maximum Gasteiger partial charge on any atom is 0.512 e. The number of aliphatic hydroxyl groups is 1. The Kier molecular flexibility index (Phi) is 5.58. The van der Waals surface area contributed by atoms with E-state index in [1.807, 2.05) is 21.0 Å². The number of likely N-dealkylation sites (N-methyl/N-ethyl adjacent to an activating group) is 1. The topological polar surface area (TPSA) is 65.0 Å². The number of rotatable bonds is 4. The van der Waals surface area contributed by atoms with Crippen molar-refractivity contribution in [2.45, 2.75) is 58.2 Å². The Hall–Kier alpha value is -0.850. The van der Waals surface area contributed by atoms with Gasteiger partial charge in [0.1, 0.15) is 12.1 Å². The van der Waals surface area contributed by atoms with Gasteiger partial charge < -0.3 is 19.3 Å². The first kappa shape index (κ1) is 16.2. The highest BCUT2D eigenvalue weighted by Gasteiger charge is 2.39. The summed E-state index contributed by atoms with van der Waals surface area (Å²) in [6.07, 6.45) is -0.159. The SMILES string of the molecule is CC(C)OC(=O)OC[N+](C)(C)C1CCC(O)OC1C. The van der Waals surface area contributed by atoms with Gasteiger partial charge in [-0.05, 0) is 20.8 Å². The molecule has 0 bridgehead atoms. The Morgan fingerprint density at radius 3 is 2.58 bits per heavy atom. The van der Waals surface area contributed by atoms with Crippen molar-refractivity contribution in [3.05, 3.63) is 0 Å². The summed E-state index contributed by atoms with van der Waals surface area (Å²) < 4.78 is 16.0. The average Bonchev–Trinajstić information content (AvgIpc) is 2.25. The van der Waals surface area contributed by atoms with Crippen molar-refractivity contribution in [3.8, 4) is 0 Å². The first-order valence-corrected chi connectivity index (χ1v) is 6.72. The van der Waals surface area contributed by atoms with Crippen molar-refractivity contribution in [1.29, 1.82) is 0 Å². The summed E-state index contributed by atoms with van der Waals surface area (Å²) in [6.45, 7) is 5.71. The number of quaternary nitrogens is 1. The molecular weight excluding hydrogens is 250 g/mol. The summed E-state index contributed by atoms with van der Waals surface area (Å²) in [5.74, 6) is 0. The lowest BCUT2D eigenvalue weighted by atomic mass is 10.0. The first-order valence-electron chi connectivity index (χ1n) is 6.72. The van der Waals surface area contributed by atoms with E-state index in [4.69, 9.17) is 14.2 Å². The largest absolute Gasteiger partial charge is 0.512 e. The number of hydrogen-bond acceptors (Lipinski definition) is 5. The lowest BCUT2D eigenvalue weighted by Gasteiger charge is -2.43. The van der Waals surface area contributed by atoms with Crippen LogP contribution in [-0.4, -0.2) is 61.1 Å². The highest BCUT2D eigenvalue weighted by atomic mass is 16.7. The number of hydrogen-bond donors (Lipinski definition) is 1. The molecule has 1 fully saturated rings. The number of carbonyl (C=O) groups excluding carboxylic acids is 1. The molecule has 0 spiro atoms. The highest BCUT2D eigenvalue weighted by molar-refractivity contribution is 5.59. The van der Waals surface area contributed by atoms with Crippen molar-refractivity contribution < 1.29 is 28.6 Å². The van der Waals surface area contributed by atoms with Gasteiger partial charge in [0.05, 0.1) is 20.2 Å². The van der Waals surface area contributed by atoms with Crippen LogP contribution in [0.4, 0.5) is 4.79 Å². The smallest absolute Gasteiger partial charge is 0.431 e. The molecule has 1 aliphatic heterocycles. The van der Waals surface area contributed by atoms with E-state index in [1.165, 1.54) is 0 Å². The molecule has 19 heavy (non-hydrogen) atoms. The summed E-state index contributed by atoms with van der Waals surface area (Å²) in [5, 5.41) is 9.45. The fourth-order valence-electron chi connectivity index (χ4n) is 2.41. The van der Waals surface area contributed by atoms with Gasteiger partial charge in [-0.25, -0.2) is 4.79 Å². The van der Waals surface area contributed by atoms with Crippen molar-refractivity contribution >= 4 is 6.16 Å². The molecular formula is C13H26NO5+. The van der Waals surface area contributed by atoms with Gasteiger partial charge in [-0.2, -0.15) is 0 Å². The van der Waals surface area contributed by atoms with Crippen LogP contribution in [0.2, 0.25) is 0 Å². The molecule has 6 heteroatoms. The lowest BCUT2D eigenvalue weighted by Crippen LogP contribution is -2.58. The normalized spacial score (nSPS) is 28.3. The van der Waals surface area contributed by atoms with E-state index in [2.05, 4.69) is 0 Å². The lowest BCUT2D eigenvalue weighted by molar-refractivity contribution is -0.936. The Morgan fingerprint density at radius 2 is 2.05 bits per heavy atom. The van der Waals surface area contributed by atoms with E-state index in [0.717, 1.165) is 6.42 Å². The minimum Gasteiger partial charge on any atom is -0.431 e. The maximum absolute atomic E-state index is 11.4. The Labute approximate surface area is 114 Å². The second-order valence-corrected chi connectivity index (χ2v) is 5.91. The zero-order chi connectivity index (χ0) is 14.6. The fourth-order valence-corrected chi connectivity index (χ4v) is 2.41. The van der Waals surface area contributed by atoms with Gasteiger partial charge >= 0.3 is 6.16 Å². The summed E-state index contributed by atoms with van der Waals surface area (Å²) in [6, 6.07) is 0.176. The molecule has 0 amide bonds. The van der Waals surface area contributed by atoms with Crippen LogP contribution >= 0.6 is 0 Å². The predicted molar refractivity (Wildman–Crippen MR) is 69.3 cm³/mol. The van der Waals surface area contributed by atoms with Crippen LogP contribution in [0.3, 0.4) is 0 Å². The van der Waals surface area contributed by atoms with Crippen molar-refractivity contribution in [1.82, 2.24) is 0 Å². The standard InChI is InChI=1S/C13H26NO5/c1-9(2)18-13(16)17-8-14(4,5)11-6-7-12(15)19-10(11)3/h9-12,15H,6-8H2,1-5H3/q+1. The second kappa shape index (κ2) is 6.54. The minimum atomic E-state index is -0.682. The molecule has 1 heterocycles. The van der Waals surface area contributed by atoms with Crippen molar-refractivity contribution in [2.75, 3.05) is 20.8 Å². The molecule has 0 aromatic rings. The van der Waals surface area contributed by atoms with Crippen LogP contribution in [0.1, 0.15) is 33.6 Å². The first-order chi connectivity index (χ1) is 8.72. The molecule has 112 valence electrons. The van der Waals surface area contributed by atoms with Gasteiger partial charge in [-0.1, -0.05) is 0 Å². The van der Waals surface area contributed by atoms with E-state index in [-0.39, 0.29) is 25.0 Å². The molecule has 0 aromatic carbocycles.